The van der Waals surface area contributed by atoms with Crippen molar-refractivity contribution in [3.05, 3.63) is 0 Å². The van der Waals surface area contributed by atoms with E-state index < -0.39 is 0 Å². The Morgan fingerprint density at radius 2 is 2.36 bits per heavy atom. The summed E-state index contributed by atoms with van der Waals surface area (Å²) >= 11 is 0. The highest BCUT2D eigenvalue weighted by atomic mass is 15.1. The Morgan fingerprint density at radius 1 is 1.73 bits per heavy atom. The highest BCUT2D eigenvalue weighted by Gasteiger charge is 2.32. The molecule has 2 N–H and O–H groups in total. The van der Waals surface area contributed by atoms with Crippen molar-refractivity contribution < 1.29 is 0 Å². The number of nitrogens with two attached hydrogens (primary N) is 1. The molecular formula is C9H16N2. The van der Waals surface area contributed by atoms with Gasteiger partial charge < -0.3 is 5.73 Å². The molecule has 0 saturated heterocycles. The maximum Gasteiger partial charge on any atom is 0.0599 e. The van der Waals surface area contributed by atoms with Gasteiger partial charge in [-0.3, -0.25) is 4.90 Å². The molecule has 0 spiro atoms. The molecule has 0 radical (unpaired) electrons. The first-order valence-corrected chi connectivity index (χ1v) is 4.13. The second-order valence-corrected chi connectivity index (χ2v) is 3.26. The third-order valence-electron chi connectivity index (χ3n) is 2.31. The molecule has 1 aliphatic carbocycles. The number of rotatable bonds is 4. The van der Waals surface area contributed by atoms with E-state index in [1.807, 2.05) is 0 Å². The van der Waals surface area contributed by atoms with E-state index in [0.29, 0.717) is 6.04 Å². The van der Waals surface area contributed by atoms with Gasteiger partial charge in [-0.1, -0.05) is 5.92 Å². The average molecular weight is 152 g/mol. The quantitative estimate of drug-likeness (QED) is 0.587. The molecule has 0 aromatic carbocycles. The van der Waals surface area contributed by atoms with Crippen LogP contribution in [0.1, 0.15) is 12.8 Å². The van der Waals surface area contributed by atoms with Gasteiger partial charge in [0.25, 0.3) is 0 Å². The first-order chi connectivity index (χ1) is 5.29. The number of hydrogen-bond acceptors (Lipinski definition) is 2. The van der Waals surface area contributed by atoms with Gasteiger partial charge in [0.1, 0.15) is 0 Å². The van der Waals surface area contributed by atoms with Gasteiger partial charge in [-0.15, -0.1) is 6.42 Å². The number of nitrogens with zero attached hydrogens (tertiary/aromatic N) is 1. The summed E-state index contributed by atoms with van der Waals surface area (Å²) in [6.45, 7) is 1.46. The topological polar surface area (TPSA) is 29.3 Å². The number of hydrogen-bond donors (Lipinski definition) is 1. The SMILES string of the molecule is C#CCN(C)C(CN)C1CC1. The molecule has 2 nitrogen and oxygen atoms in total. The minimum atomic E-state index is 0.519. The van der Waals surface area contributed by atoms with Crippen LogP contribution < -0.4 is 5.73 Å². The van der Waals surface area contributed by atoms with Gasteiger partial charge in [0, 0.05) is 12.6 Å². The Bertz CT molecular complexity index is 155. The Labute approximate surface area is 68.8 Å². The molecule has 1 unspecified atom stereocenters. The molecule has 2 heteroatoms. The molecular weight excluding hydrogens is 136 g/mol. The van der Waals surface area contributed by atoms with Gasteiger partial charge in [-0.25, -0.2) is 0 Å². The maximum absolute atomic E-state index is 5.63. The van der Waals surface area contributed by atoms with Crippen LogP contribution in [0.5, 0.6) is 0 Å². The van der Waals surface area contributed by atoms with Crippen LogP contribution in [0.2, 0.25) is 0 Å². The van der Waals surface area contributed by atoms with Crippen molar-refractivity contribution in [3.8, 4) is 12.3 Å². The standard InChI is InChI=1S/C9H16N2/c1-3-6-11(2)9(7-10)8-4-5-8/h1,8-9H,4-7,10H2,2H3. The molecule has 11 heavy (non-hydrogen) atoms. The van der Waals surface area contributed by atoms with E-state index in [0.717, 1.165) is 19.0 Å². The lowest BCUT2D eigenvalue weighted by Gasteiger charge is -2.24. The van der Waals surface area contributed by atoms with E-state index in [1.54, 1.807) is 0 Å². The van der Waals surface area contributed by atoms with Crippen LogP contribution >= 0.6 is 0 Å². The fourth-order valence-electron chi connectivity index (χ4n) is 1.47. The molecule has 1 saturated carbocycles. The van der Waals surface area contributed by atoms with Crippen LogP contribution in [0.4, 0.5) is 0 Å². The largest absolute Gasteiger partial charge is 0.329 e. The molecule has 0 aromatic rings. The van der Waals surface area contributed by atoms with Gasteiger partial charge in [0.05, 0.1) is 6.54 Å². The smallest absolute Gasteiger partial charge is 0.0599 e. The second-order valence-electron chi connectivity index (χ2n) is 3.26. The van der Waals surface area contributed by atoms with Crippen molar-refractivity contribution in [2.45, 2.75) is 18.9 Å². The van der Waals surface area contributed by atoms with Gasteiger partial charge in [-0.05, 0) is 25.8 Å². The van der Waals surface area contributed by atoms with Crippen LogP contribution in [0.25, 0.3) is 0 Å². The molecule has 1 rings (SSSR count). The van der Waals surface area contributed by atoms with Gasteiger partial charge in [0.15, 0.2) is 0 Å². The Hall–Kier alpha value is -0.520. The summed E-state index contributed by atoms with van der Waals surface area (Å²) < 4.78 is 0. The van der Waals surface area contributed by atoms with Crippen molar-refractivity contribution in [3.63, 3.8) is 0 Å². The minimum absolute atomic E-state index is 0.519. The fraction of sp³-hybridized carbons (Fsp3) is 0.778. The zero-order chi connectivity index (χ0) is 8.27. The monoisotopic (exact) mass is 152 g/mol. The predicted octanol–water partition coefficient (Wildman–Crippen LogP) is 0.289. The maximum atomic E-state index is 5.63. The molecule has 1 aliphatic rings. The number of terminal acetylenes is 1. The highest BCUT2D eigenvalue weighted by Crippen LogP contribution is 2.34. The summed E-state index contributed by atoms with van der Waals surface area (Å²) in [5.41, 5.74) is 5.63. The van der Waals surface area contributed by atoms with E-state index in [9.17, 15) is 0 Å². The van der Waals surface area contributed by atoms with E-state index in [-0.39, 0.29) is 0 Å². The first kappa shape index (κ1) is 8.58. The number of likely N-dealkylation sites (N-methyl/N-ethyl adjacent to an activating group) is 1. The van der Waals surface area contributed by atoms with Crippen LogP contribution in [0.3, 0.4) is 0 Å². The molecule has 0 bridgehead atoms. The lowest BCUT2D eigenvalue weighted by atomic mass is 10.1. The second kappa shape index (κ2) is 3.75. The summed E-state index contributed by atoms with van der Waals surface area (Å²) in [5, 5.41) is 0. The van der Waals surface area contributed by atoms with Crippen LogP contribution in [-0.2, 0) is 0 Å². The van der Waals surface area contributed by atoms with Gasteiger partial charge in [0.2, 0.25) is 0 Å². The molecule has 1 fully saturated rings. The lowest BCUT2D eigenvalue weighted by molar-refractivity contribution is 0.249. The molecule has 62 valence electrons. The van der Waals surface area contributed by atoms with E-state index in [4.69, 9.17) is 12.2 Å². The Balaban J connectivity index is 2.34. The summed E-state index contributed by atoms with van der Waals surface area (Å²) in [4.78, 5) is 2.18. The molecule has 0 aromatic heterocycles. The minimum Gasteiger partial charge on any atom is -0.329 e. The van der Waals surface area contributed by atoms with Gasteiger partial charge >= 0.3 is 0 Å². The normalized spacial score (nSPS) is 19.8. The Morgan fingerprint density at radius 3 is 2.73 bits per heavy atom. The fourth-order valence-corrected chi connectivity index (χ4v) is 1.47. The third kappa shape index (κ3) is 2.21. The van der Waals surface area contributed by atoms with E-state index in [1.165, 1.54) is 12.8 Å². The van der Waals surface area contributed by atoms with Crippen LogP contribution in [-0.4, -0.2) is 31.1 Å². The van der Waals surface area contributed by atoms with Crippen molar-refractivity contribution in [2.24, 2.45) is 11.7 Å². The Kier molecular flexibility index (Phi) is 2.92. The van der Waals surface area contributed by atoms with Crippen LogP contribution in [0, 0.1) is 18.3 Å². The van der Waals surface area contributed by atoms with E-state index in [2.05, 4.69) is 17.9 Å². The van der Waals surface area contributed by atoms with E-state index >= 15 is 0 Å². The van der Waals surface area contributed by atoms with Crippen molar-refractivity contribution in [1.82, 2.24) is 4.90 Å². The van der Waals surface area contributed by atoms with Crippen LogP contribution in [0.15, 0.2) is 0 Å². The summed E-state index contributed by atoms with van der Waals surface area (Å²) in [5.74, 6) is 3.45. The zero-order valence-corrected chi connectivity index (χ0v) is 7.09. The molecule has 0 aliphatic heterocycles. The molecule has 1 atom stereocenters. The van der Waals surface area contributed by atoms with Gasteiger partial charge in [-0.2, -0.15) is 0 Å². The highest BCUT2D eigenvalue weighted by molar-refractivity contribution is 4.94. The summed E-state index contributed by atoms with van der Waals surface area (Å²) in [7, 11) is 2.05. The van der Waals surface area contributed by atoms with Crippen molar-refractivity contribution in [1.29, 1.82) is 0 Å². The summed E-state index contributed by atoms with van der Waals surface area (Å²) in [6, 6.07) is 0.519. The van der Waals surface area contributed by atoms with Crippen molar-refractivity contribution >= 4 is 0 Å². The molecule has 0 heterocycles. The van der Waals surface area contributed by atoms with Crippen molar-refractivity contribution in [2.75, 3.05) is 20.1 Å². The average Bonchev–Trinajstić information content (AvgIpc) is 2.73. The predicted molar refractivity (Wildman–Crippen MR) is 47.0 cm³/mol. The molecule has 0 amide bonds. The summed E-state index contributed by atoms with van der Waals surface area (Å²) in [6.07, 6.45) is 7.87. The first-order valence-electron chi connectivity index (χ1n) is 4.13. The lowest BCUT2D eigenvalue weighted by Crippen LogP contribution is -2.39. The zero-order valence-electron chi connectivity index (χ0n) is 7.09. The third-order valence-corrected chi connectivity index (χ3v) is 2.31.